The van der Waals surface area contributed by atoms with Crippen LogP contribution in [-0.4, -0.2) is 62.0 Å². The van der Waals surface area contributed by atoms with E-state index in [-0.39, 0.29) is 0 Å². The van der Waals surface area contributed by atoms with E-state index < -0.39 is 0 Å². The molecule has 0 spiro atoms. The SMILES string of the molecule is CN1CCN(CC2CCNCC2)C(=O)C1. The lowest BCUT2D eigenvalue weighted by Crippen LogP contribution is -2.50. The van der Waals surface area contributed by atoms with Gasteiger partial charge in [-0.25, -0.2) is 0 Å². The van der Waals surface area contributed by atoms with Gasteiger partial charge in [0.1, 0.15) is 0 Å². The molecule has 86 valence electrons. The molecule has 2 aliphatic heterocycles. The number of nitrogens with zero attached hydrogens (tertiary/aromatic N) is 2. The van der Waals surface area contributed by atoms with Crippen LogP contribution in [0.2, 0.25) is 0 Å². The number of hydrogen-bond donors (Lipinski definition) is 1. The van der Waals surface area contributed by atoms with Crippen molar-refractivity contribution in [2.75, 3.05) is 46.3 Å². The molecule has 0 aromatic carbocycles. The second-order valence-corrected chi connectivity index (χ2v) is 4.77. The van der Waals surface area contributed by atoms with Crippen molar-refractivity contribution in [2.24, 2.45) is 5.92 Å². The van der Waals surface area contributed by atoms with Crippen LogP contribution < -0.4 is 5.32 Å². The number of piperazine rings is 1. The maximum atomic E-state index is 11.7. The lowest BCUT2D eigenvalue weighted by atomic mass is 9.97. The van der Waals surface area contributed by atoms with Crippen LogP contribution in [0.15, 0.2) is 0 Å². The fraction of sp³-hybridized carbons (Fsp3) is 0.909. The van der Waals surface area contributed by atoms with Gasteiger partial charge in [-0.05, 0) is 38.9 Å². The maximum Gasteiger partial charge on any atom is 0.236 e. The van der Waals surface area contributed by atoms with E-state index >= 15 is 0 Å². The summed E-state index contributed by atoms with van der Waals surface area (Å²) in [7, 11) is 2.01. The van der Waals surface area contributed by atoms with Crippen molar-refractivity contribution in [3.05, 3.63) is 0 Å². The van der Waals surface area contributed by atoms with E-state index in [4.69, 9.17) is 0 Å². The molecule has 0 aliphatic carbocycles. The van der Waals surface area contributed by atoms with Gasteiger partial charge >= 0.3 is 0 Å². The number of nitrogens with one attached hydrogen (secondary N) is 1. The van der Waals surface area contributed by atoms with E-state index in [2.05, 4.69) is 15.1 Å². The fourth-order valence-corrected chi connectivity index (χ4v) is 2.40. The molecule has 2 saturated heterocycles. The number of rotatable bonds is 2. The molecular weight excluding hydrogens is 190 g/mol. The predicted molar refractivity (Wildman–Crippen MR) is 59.7 cm³/mol. The number of piperidine rings is 1. The second kappa shape index (κ2) is 4.94. The van der Waals surface area contributed by atoms with Crippen molar-refractivity contribution in [3.8, 4) is 0 Å². The highest BCUT2D eigenvalue weighted by atomic mass is 16.2. The van der Waals surface area contributed by atoms with E-state index in [0.29, 0.717) is 12.5 Å². The van der Waals surface area contributed by atoms with Gasteiger partial charge in [0.05, 0.1) is 6.54 Å². The van der Waals surface area contributed by atoms with E-state index in [9.17, 15) is 4.79 Å². The third-order valence-electron chi connectivity index (χ3n) is 3.45. The smallest absolute Gasteiger partial charge is 0.236 e. The highest BCUT2D eigenvalue weighted by Crippen LogP contribution is 2.14. The molecule has 4 heteroatoms. The molecule has 0 saturated carbocycles. The van der Waals surface area contributed by atoms with Crippen LogP contribution >= 0.6 is 0 Å². The summed E-state index contributed by atoms with van der Waals surface area (Å²) in [5, 5.41) is 3.36. The minimum absolute atomic E-state index is 0.308. The summed E-state index contributed by atoms with van der Waals surface area (Å²) in [4.78, 5) is 15.9. The summed E-state index contributed by atoms with van der Waals surface area (Å²) >= 11 is 0. The highest BCUT2D eigenvalue weighted by Gasteiger charge is 2.24. The Labute approximate surface area is 91.6 Å². The fourth-order valence-electron chi connectivity index (χ4n) is 2.40. The van der Waals surface area contributed by atoms with Gasteiger partial charge in [0.2, 0.25) is 5.91 Å². The van der Waals surface area contributed by atoms with Crippen LogP contribution in [-0.2, 0) is 4.79 Å². The van der Waals surface area contributed by atoms with Gasteiger partial charge < -0.3 is 10.2 Å². The van der Waals surface area contributed by atoms with Crippen molar-refractivity contribution in [2.45, 2.75) is 12.8 Å². The van der Waals surface area contributed by atoms with Crippen LogP contribution in [0, 0.1) is 5.92 Å². The molecule has 0 unspecified atom stereocenters. The largest absolute Gasteiger partial charge is 0.340 e. The molecule has 2 fully saturated rings. The molecule has 4 nitrogen and oxygen atoms in total. The van der Waals surface area contributed by atoms with Crippen molar-refractivity contribution >= 4 is 5.91 Å². The van der Waals surface area contributed by atoms with Crippen molar-refractivity contribution < 1.29 is 4.79 Å². The van der Waals surface area contributed by atoms with Gasteiger partial charge in [0, 0.05) is 19.6 Å². The molecule has 1 amide bonds. The number of likely N-dealkylation sites (N-methyl/N-ethyl adjacent to an activating group) is 1. The average molecular weight is 211 g/mol. The first-order valence-corrected chi connectivity index (χ1v) is 5.93. The van der Waals surface area contributed by atoms with Crippen molar-refractivity contribution in [1.29, 1.82) is 0 Å². The zero-order chi connectivity index (χ0) is 10.7. The van der Waals surface area contributed by atoms with Gasteiger partial charge in [0.15, 0.2) is 0 Å². The van der Waals surface area contributed by atoms with Crippen LogP contribution in [0.25, 0.3) is 0 Å². The summed E-state index contributed by atoms with van der Waals surface area (Å²) in [5.41, 5.74) is 0. The maximum absolute atomic E-state index is 11.7. The number of carbonyl (C=O) groups is 1. The predicted octanol–water partition coefficient (Wildman–Crippen LogP) is -0.240. The standard InChI is InChI=1S/C11H21N3O/c1-13-6-7-14(11(15)9-13)8-10-2-4-12-5-3-10/h10,12H,2-9H2,1H3. The van der Waals surface area contributed by atoms with E-state index in [0.717, 1.165) is 38.6 Å². The van der Waals surface area contributed by atoms with Crippen LogP contribution in [0.3, 0.4) is 0 Å². The lowest BCUT2D eigenvalue weighted by molar-refractivity contribution is -0.136. The van der Waals surface area contributed by atoms with Gasteiger partial charge in [-0.1, -0.05) is 0 Å². The Morgan fingerprint density at radius 3 is 2.73 bits per heavy atom. The molecule has 0 bridgehead atoms. The van der Waals surface area contributed by atoms with Gasteiger partial charge in [-0.2, -0.15) is 0 Å². The van der Waals surface area contributed by atoms with Crippen LogP contribution in [0.1, 0.15) is 12.8 Å². The van der Waals surface area contributed by atoms with E-state index in [1.165, 1.54) is 12.8 Å². The summed E-state index contributed by atoms with van der Waals surface area (Å²) in [6.45, 7) is 5.76. The Morgan fingerprint density at radius 2 is 2.07 bits per heavy atom. The third-order valence-corrected chi connectivity index (χ3v) is 3.45. The molecule has 0 aromatic rings. The summed E-state index contributed by atoms with van der Waals surface area (Å²) < 4.78 is 0. The monoisotopic (exact) mass is 211 g/mol. The Bertz CT molecular complexity index is 226. The van der Waals surface area contributed by atoms with E-state index in [1.807, 2.05) is 7.05 Å². The summed E-state index contributed by atoms with van der Waals surface area (Å²) in [6.07, 6.45) is 2.44. The van der Waals surface area contributed by atoms with E-state index in [1.54, 1.807) is 0 Å². The molecule has 0 aromatic heterocycles. The lowest BCUT2D eigenvalue weighted by Gasteiger charge is -2.35. The molecular formula is C11H21N3O. The Kier molecular flexibility index (Phi) is 3.59. The number of hydrogen-bond acceptors (Lipinski definition) is 3. The van der Waals surface area contributed by atoms with Crippen molar-refractivity contribution in [1.82, 2.24) is 15.1 Å². The minimum atomic E-state index is 0.308. The topological polar surface area (TPSA) is 35.6 Å². The first-order valence-electron chi connectivity index (χ1n) is 5.93. The molecule has 2 heterocycles. The van der Waals surface area contributed by atoms with Crippen LogP contribution in [0.4, 0.5) is 0 Å². The molecule has 15 heavy (non-hydrogen) atoms. The zero-order valence-corrected chi connectivity index (χ0v) is 9.54. The Balaban J connectivity index is 1.80. The minimum Gasteiger partial charge on any atom is -0.340 e. The first kappa shape index (κ1) is 10.9. The molecule has 2 aliphatic rings. The Morgan fingerprint density at radius 1 is 1.33 bits per heavy atom. The highest BCUT2D eigenvalue weighted by molar-refractivity contribution is 5.78. The Hall–Kier alpha value is -0.610. The number of carbonyl (C=O) groups excluding carboxylic acids is 1. The summed E-state index contributed by atoms with van der Waals surface area (Å²) in [6, 6.07) is 0. The zero-order valence-electron chi connectivity index (χ0n) is 9.54. The second-order valence-electron chi connectivity index (χ2n) is 4.77. The number of amides is 1. The first-order chi connectivity index (χ1) is 7.25. The molecule has 2 rings (SSSR count). The summed E-state index contributed by atoms with van der Waals surface area (Å²) in [5.74, 6) is 1.03. The third kappa shape index (κ3) is 2.92. The van der Waals surface area contributed by atoms with Crippen LogP contribution in [0.5, 0.6) is 0 Å². The van der Waals surface area contributed by atoms with Gasteiger partial charge in [-0.3, -0.25) is 9.69 Å². The molecule has 0 radical (unpaired) electrons. The normalized spacial score (nSPS) is 25.9. The van der Waals surface area contributed by atoms with Gasteiger partial charge in [-0.15, -0.1) is 0 Å². The molecule has 1 N–H and O–H groups in total. The van der Waals surface area contributed by atoms with Crippen molar-refractivity contribution in [3.63, 3.8) is 0 Å². The average Bonchev–Trinajstić information content (AvgIpc) is 2.24. The molecule has 0 atom stereocenters. The van der Waals surface area contributed by atoms with Gasteiger partial charge in [0.25, 0.3) is 0 Å². The quantitative estimate of drug-likeness (QED) is 0.685.